The van der Waals surface area contributed by atoms with Gasteiger partial charge in [0.05, 0.1) is 6.33 Å². The summed E-state index contributed by atoms with van der Waals surface area (Å²) in [5, 5.41) is 11.6. The van der Waals surface area contributed by atoms with E-state index in [1.54, 1.807) is 20.4 Å². The molecule has 0 radical (unpaired) electrons. The zero-order chi connectivity index (χ0) is 15.4. The van der Waals surface area contributed by atoms with Crippen molar-refractivity contribution in [1.82, 2.24) is 24.4 Å². The lowest BCUT2D eigenvalue weighted by Gasteiger charge is -2.12. The fourth-order valence-electron chi connectivity index (χ4n) is 1.97. The maximum absolute atomic E-state index is 10.7. The summed E-state index contributed by atoms with van der Waals surface area (Å²) in [6.45, 7) is 1.20. The minimum atomic E-state index is -0.915. The lowest BCUT2D eigenvalue weighted by atomic mass is 10.3. The number of imidazole rings is 1. The summed E-state index contributed by atoms with van der Waals surface area (Å²) in [6, 6.07) is 0. The van der Waals surface area contributed by atoms with E-state index in [4.69, 9.17) is 10.8 Å². The Hall–Kier alpha value is -2.58. The van der Waals surface area contributed by atoms with Gasteiger partial charge in [0.15, 0.2) is 11.5 Å². The quantitative estimate of drug-likeness (QED) is 0.674. The molecule has 0 bridgehead atoms. The van der Waals surface area contributed by atoms with E-state index < -0.39 is 6.09 Å². The molecule has 4 N–H and O–H groups in total. The molecule has 9 nitrogen and oxygen atoms in total. The Balaban J connectivity index is 2.02. The third kappa shape index (κ3) is 3.30. The van der Waals surface area contributed by atoms with E-state index in [1.165, 1.54) is 4.90 Å². The number of nitrogens with two attached hydrogens (primary N) is 1. The number of amides is 1. The summed E-state index contributed by atoms with van der Waals surface area (Å²) in [5.74, 6) is 0.793. The fourth-order valence-corrected chi connectivity index (χ4v) is 1.97. The lowest BCUT2D eigenvalue weighted by molar-refractivity contribution is 0.155. The molecule has 21 heavy (non-hydrogen) atoms. The largest absolute Gasteiger partial charge is 0.465 e. The second-order valence-electron chi connectivity index (χ2n) is 4.70. The van der Waals surface area contributed by atoms with Gasteiger partial charge in [-0.25, -0.2) is 9.78 Å². The van der Waals surface area contributed by atoms with Crippen molar-refractivity contribution in [3.8, 4) is 0 Å². The molecule has 0 aliphatic rings. The van der Waals surface area contributed by atoms with Crippen LogP contribution in [0.25, 0.3) is 11.2 Å². The van der Waals surface area contributed by atoms with Crippen LogP contribution in [0.15, 0.2) is 6.33 Å². The maximum atomic E-state index is 10.7. The van der Waals surface area contributed by atoms with Crippen molar-refractivity contribution in [2.75, 3.05) is 31.7 Å². The van der Waals surface area contributed by atoms with Gasteiger partial charge in [0.25, 0.3) is 0 Å². The number of carbonyl (C=O) groups is 1. The standard InChI is InChI=1S/C12H19N7O2/c1-14-11-16-9(13)8-10(17-11)19(7-15-8)6-4-3-5-18(2)12(20)21/h7H,3-6H2,1-2H3,(H,20,21)(H3,13,14,16,17). The number of fused-ring (bicyclic) bond motifs is 1. The SMILES string of the molecule is CNc1nc(N)c2ncn(CCCCN(C)C(=O)O)c2n1. The fraction of sp³-hybridized carbons (Fsp3) is 0.500. The van der Waals surface area contributed by atoms with Crippen LogP contribution < -0.4 is 11.1 Å². The predicted molar refractivity (Wildman–Crippen MR) is 79.2 cm³/mol. The van der Waals surface area contributed by atoms with Gasteiger partial charge >= 0.3 is 6.09 Å². The smallest absolute Gasteiger partial charge is 0.407 e. The second kappa shape index (κ2) is 6.25. The molecule has 0 spiro atoms. The number of hydrogen-bond donors (Lipinski definition) is 3. The Morgan fingerprint density at radius 3 is 2.90 bits per heavy atom. The molecule has 0 unspecified atom stereocenters. The summed E-state index contributed by atoms with van der Waals surface area (Å²) in [6.07, 6.45) is 2.35. The Morgan fingerprint density at radius 1 is 1.48 bits per heavy atom. The minimum Gasteiger partial charge on any atom is -0.465 e. The summed E-state index contributed by atoms with van der Waals surface area (Å²) in [4.78, 5) is 24.6. The van der Waals surface area contributed by atoms with Crippen LogP contribution in [0.4, 0.5) is 16.6 Å². The van der Waals surface area contributed by atoms with Gasteiger partial charge in [-0.2, -0.15) is 9.97 Å². The number of nitrogens with one attached hydrogen (secondary N) is 1. The first-order valence-electron chi connectivity index (χ1n) is 6.63. The molecule has 0 saturated carbocycles. The van der Waals surface area contributed by atoms with Crippen molar-refractivity contribution in [1.29, 1.82) is 0 Å². The molecular formula is C12H19N7O2. The van der Waals surface area contributed by atoms with E-state index >= 15 is 0 Å². The number of anilines is 2. The molecule has 2 aromatic rings. The number of aryl methyl sites for hydroxylation is 1. The Bertz CT molecular complexity index is 640. The molecule has 9 heteroatoms. The van der Waals surface area contributed by atoms with E-state index in [0.29, 0.717) is 36.0 Å². The zero-order valence-corrected chi connectivity index (χ0v) is 12.1. The average molecular weight is 293 g/mol. The normalized spacial score (nSPS) is 10.8. The number of nitrogen functional groups attached to an aromatic ring is 1. The van der Waals surface area contributed by atoms with E-state index in [1.807, 2.05) is 4.57 Å². The topological polar surface area (TPSA) is 122 Å². The molecular weight excluding hydrogens is 274 g/mol. The summed E-state index contributed by atoms with van der Waals surface area (Å²) < 4.78 is 1.90. The van der Waals surface area contributed by atoms with Gasteiger partial charge in [-0.05, 0) is 12.8 Å². The van der Waals surface area contributed by atoms with Crippen LogP contribution in [0.1, 0.15) is 12.8 Å². The molecule has 0 atom stereocenters. The number of nitrogens with zero attached hydrogens (tertiary/aromatic N) is 5. The van der Waals surface area contributed by atoms with Crippen molar-refractivity contribution in [2.45, 2.75) is 19.4 Å². The van der Waals surface area contributed by atoms with Gasteiger partial charge in [-0.1, -0.05) is 0 Å². The highest BCUT2D eigenvalue weighted by atomic mass is 16.4. The molecule has 2 aromatic heterocycles. The van der Waals surface area contributed by atoms with Gasteiger partial charge in [-0.3, -0.25) is 0 Å². The Kier molecular flexibility index (Phi) is 4.41. The monoisotopic (exact) mass is 293 g/mol. The number of aromatic nitrogens is 4. The van der Waals surface area contributed by atoms with Gasteiger partial charge in [0.1, 0.15) is 5.52 Å². The first-order chi connectivity index (χ1) is 10.0. The number of rotatable bonds is 6. The van der Waals surface area contributed by atoms with Crippen LogP contribution in [0.2, 0.25) is 0 Å². The number of hydrogen-bond acceptors (Lipinski definition) is 6. The lowest BCUT2D eigenvalue weighted by Crippen LogP contribution is -2.25. The van der Waals surface area contributed by atoms with Crippen molar-refractivity contribution in [3.05, 3.63) is 6.33 Å². The van der Waals surface area contributed by atoms with Gasteiger partial charge in [0.2, 0.25) is 5.95 Å². The maximum Gasteiger partial charge on any atom is 0.407 e. The highest BCUT2D eigenvalue weighted by molar-refractivity contribution is 5.82. The molecule has 0 saturated heterocycles. The van der Waals surface area contributed by atoms with Gasteiger partial charge < -0.3 is 25.6 Å². The molecule has 114 valence electrons. The van der Waals surface area contributed by atoms with Crippen LogP contribution >= 0.6 is 0 Å². The summed E-state index contributed by atoms with van der Waals surface area (Å²) in [7, 11) is 3.28. The van der Waals surface area contributed by atoms with E-state index in [9.17, 15) is 4.79 Å². The van der Waals surface area contributed by atoms with Gasteiger partial charge in [-0.15, -0.1) is 0 Å². The Labute approximate surface area is 121 Å². The molecule has 0 fully saturated rings. The number of carboxylic acid groups (broad SMARTS) is 1. The van der Waals surface area contributed by atoms with Crippen LogP contribution in [-0.2, 0) is 6.54 Å². The third-order valence-electron chi connectivity index (χ3n) is 3.18. The molecule has 2 rings (SSSR count). The minimum absolute atomic E-state index is 0.341. The molecule has 2 heterocycles. The van der Waals surface area contributed by atoms with Crippen molar-refractivity contribution in [2.24, 2.45) is 0 Å². The van der Waals surface area contributed by atoms with Gasteiger partial charge in [0, 0.05) is 27.2 Å². The van der Waals surface area contributed by atoms with E-state index in [-0.39, 0.29) is 0 Å². The predicted octanol–water partition coefficient (Wildman–Crippen LogP) is 0.840. The van der Waals surface area contributed by atoms with Crippen molar-refractivity contribution >= 4 is 29.0 Å². The van der Waals surface area contributed by atoms with Crippen LogP contribution in [-0.4, -0.2) is 56.3 Å². The van der Waals surface area contributed by atoms with E-state index in [2.05, 4.69) is 20.3 Å². The van der Waals surface area contributed by atoms with Crippen molar-refractivity contribution in [3.63, 3.8) is 0 Å². The first kappa shape index (κ1) is 14.8. The summed E-state index contributed by atoms with van der Waals surface area (Å²) >= 11 is 0. The molecule has 1 amide bonds. The van der Waals surface area contributed by atoms with Crippen LogP contribution in [0, 0.1) is 0 Å². The number of unbranched alkanes of at least 4 members (excludes halogenated alkanes) is 1. The average Bonchev–Trinajstić information content (AvgIpc) is 2.86. The highest BCUT2D eigenvalue weighted by Crippen LogP contribution is 2.18. The summed E-state index contributed by atoms with van der Waals surface area (Å²) in [5.41, 5.74) is 7.09. The third-order valence-corrected chi connectivity index (χ3v) is 3.18. The molecule has 0 aromatic carbocycles. The van der Waals surface area contributed by atoms with Crippen LogP contribution in [0.3, 0.4) is 0 Å². The zero-order valence-electron chi connectivity index (χ0n) is 12.1. The van der Waals surface area contributed by atoms with Crippen LogP contribution in [0.5, 0.6) is 0 Å². The van der Waals surface area contributed by atoms with E-state index in [0.717, 1.165) is 12.8 Å². The second-order valence-corrected chi connectivity index (χ2v) is 4.70. The highest BCUT2D eigenvalue weighted by Gasteiger charge is 2.10. The first-order valence-corrected chi connectivity index (χ1v) is 6.63. The van der Waals surface area contributed by atoms with Crippen molar-refractivity contribution < 1.29 is 9.90 Å². The Morgan fingerprint density at radius 2 is 2.24 bits per heavy atom. The molecule has 0 aliphatic heterocycles. The molecule has 0 aliphatic carbocycles.